The largest absolute Gasteiger partial charge is 0.550 e. The van der Waals surface area contributed by atoms with Gasteiger partial charge in [0.15, 0.2) is 0 Å². The molecule has 2 heterocycles. The van der Waals surface area contributed by atoms with E-state index in [-0.39, 0.29) is 0 Å². The Balaban J connectivity index is 0.000000709. The molecular formula is C28H31N3O2. The number of carbonyl (C=O) groups is 1. The number of aliphatic carboxylic acids is 1. The lowest BCUT2D eigenvalue weighted by Crippen LogP contribution is -2.32. The molecule has 0 atom stereocenters. The lowest BCUT2D eigenvalue weighted by atomic mass is 10.1. The van der Waals surface area contributed by atoms with Crippen LogP contribution in [0.3, 0.4) is 0 Å². The Labute approximate surface area is 195 Å². The summed E-state index contributed by atoms with van der Waals surface area (Å²) in [5, 5.41) is 10.1. The number of carboxylic acids is 1. The van der Waals surface area contributed by atoms with Crippen LogP contribution in [-0.4, -0.2) is 24.6 Å². The Morgan fingerprint density at radius 2 is 1.64 bits per heavy atom. The van der Waals surface area contributed by atoms with Crippen LogP contribution >= 0.6 is 0 Å². The molecule has 170 valence electrons. The van der Waals surface area contributed by atoms with Gasteiger partial charge in [0.05, 0.1) is 0 Å². The fourth-order valence-electron chi connectivity index (χ4n) is 3.96. The molecule has 5 nitrogen and oxygen atoms in total. The number of hydrogen-bond donors (Lipinski definition) is 0. The van der Waals surface area contributed by atoms with E-state index in [0.717, 1.165) is 6.92 Å². The molecule has 0 aliphatic carbocycles. The summed E-state index contributed by atoms with van der Waals surface area (Å²) in [7, 11) is 6.28. The van der Waals surface area contributed by atoms with Gasteiger partial charge in [-0.3, -0.25) is 0 Å². The highest BCUT2D eigenvalue weighted by molar-refractivity contribution is 5.81. The number of hydrogen-bond acceptors (Lipinski definition) is 3. The van der Waals surface area contributed by atoms with Crippen molar-refractivity contribution >= 4 is 34.7 Å². The molecule has 4 aromatic rings. The van der Waals surface area contributed by atoms with Crippen molar-refractivity contribution < 1.29 is 14.5 Å². The van der Waals surface area contributed by atoms with Crippen LogP contribution in [0.25, 0.3) is 28.7 Å². The number of benzene rings is 2. The summed E-state index contributed by atoms with van der Waals surface area (Å²) in [4.78, 5) is 11.0. The van der Waals surface area contributed by atoms with E-state index in [1.165, 1.54) is 44.9 Å². The Hall–Kier alpha value is -3.86. The van der Waals surface area contributed by atoms with Gasteiger partial charge in [0.2, 0.25) is 11.2 Å². The zero-order chi connectivity index (χ0) is 24.1. The smallest absolute Gasteiger partial charge is 0.212 e. The van der Waals surface area contributed by atoms with Gasteiger partial charge >= 0.3 is 0 Å². The van der Waals surface area contributed by atoms with E-state index in [9.17, 15) is 0 Å². The molecule has 2 aromatic carbocycles. The molecule has 0 saturated carbocycles. The first-order valence-electron chi connectivity index (χ1n) is 10.9. The number of fused-ring (bicyclic) bond motifs is 1. The highest BCUT2D eigenvalue weighted by atomic mass is 16.4. The van der Waals surface area contributed by atoms with Crippen molar-refractivity contribution in [2.24, 2.45) is 7.05 Å². The maximum absolute atomic E-state index is 8.89. The summed E-state index contributed by atoms with van der Waals surface area (Å²) in [5.41, 5.74) is 8.57. The molecule has 0 N–H and O–H groups in total. The Bertz CT molecular complexity index is 1300. The second-order valence-electron chi connectivity index (χ2n) is 8.28. The first-order chi connectivity index (χ1) is 15.7. The van der Waals surface area contributed by atoms with Crippen LogP contribution in [-0.2, 0) is 11.8 Å². The van der Waals surface area contributed by atoms with Crippen LogP contribution in [0.1, 0.15) is 29.6 Å². The van der Waals surface area contributed by atoms with Gasteiger partial charge in [-0.25, -0.2) is 0 Å². The van der Waals surface area contributed by atoms with Gasteiger partial charge in [-0.2, -0.15) is 4.57 Å². The van der Waals surface area contributed by atoms with E-state index < -0.39 is 5.97 Å². The minimum absolute atomic E-state index is 0.972. The Kier molecular flexibility index (Phi) is 7.34. The average Bonchev–Trinajstić information content (AvgIpc) is 3.06. The Morgan fingerprint density at radius 3 is 2.27 bits per heavy atom. The van der Waals surface area contributed by atoms with Crippen molar-refractivity contribution in [1.82, 2.24) is 4.57 Å². The van der Waals surface area contributed by atoms with Crippen LogP contribution in [0.15, 0.2) is 66.7 Å². The first kappa shape index (κ1) is 23.8. The molecule has 0 saturated heterocycles. The van der Waals surface area contributed by atoms with Crippen molar-refractivity contribution in [1.29, 1.82) is 0 Å². The molecular weight excluding hydrogens is 410 g/mol. The molecule has 0 radical (unpaired) electrons. The maximum Gasteiger partial charge on any atom is 0.212 e. The number of carbonyl (C=O) groups excluding carboxylic acids is 1. The minimum atomic E-state index is -1.08. The van der Waals surface area contributed by atoms with Gasteiger partial charge in [-0.1, -0.05) is 18.2 Å². The quantitative estimate of drug-likeness (QED) is 0.449. The molecule has 0 spiro atoms. The number of pyridine rings is 1. The second-order valence-corrected chi connectivity index (χ2v) is 8.28. The highest BCUT2D eigenvalue weighted by Gasteiger charge is 2.12. The number of nitrogens with zero attached hydrogens (tertiary/aromatic N) is 3. The molecule has 4 rings (SSSR count). The number of anilines is 1. The molecule has 5 heteroatoms. The number of aryl methyl sites for hydroxylation is 2. The standard InChI is InChI=1S/C26H28N3.C2H4O2/c1-19-17-21(20(2)29(19)24-9-7-6-8-10-24)11-13-23-14-12-22-18-25(27(3)4)15-16-26(22)28(23)5;1-2(3)4/h6-18H,1-5H3;1H3,(H,3,4)/q+1;/p-1. The summed E-state index contributed by atoms with van der Waals surface area (Å²) in [6.45, 7) is 5.32. The lowest BCUT2D eigenvalue weighted by Gasteiger charge is -2.12. The van der Waals surface area contributed by atoms with Crippen molar-refractivity contribution in [2.75, 3.05) is 19.0 Å². The first-order valence-corrected chi connectivity index (χ1v) is 10.9. The van der Waals surface area contributed by atoms with E-state index in [1.807, 2.05) is 0 Å². The van der Waals surface area contributed by atoms with E-state index in [0.29, 0.717) is 0 Å². The van der Waals surface area contributed by atoms with Crippen LogP contribution in [0.5, 0.6) is 0 Å². The van der Waals surface area contributed by atoms with E-state index in [2.05, 4.69) is 128 Å². The third kappa shape index (κ3) is 5.50. The normalized spacial score (nSPS) is 10.8. The summed E-state index contributed by atoms with van der Waals surface area (Å²) in [5.74, 6) is -1.08. The van der Waals surface area contributed by atoms with Crippen molar-refractivity contribution in [2.45, 2.75) is 20.8 Å². The van der Waals surface area contributed by atoms with Crippen LogP contribution in [0.2, 0.25) is 0 Å². The van der Waals surface area contributed by atoms with Gasteiger partial charge < -0.3 is 19.4 Å². The maximum atomic E-state index is 8.89. The number of rotatable bonds is 4. The topological polar surface area (TPSA) is 52.2 Å². The van der Waals surface area contributed by atoms with Crippen LogP contribution in [0, 0.1) is 13.8 Å². The predicted molar refractivity (Wildman–Crippen MR) is 134 cm³/mol. The van der Waals surface area contributed by atoms with Gasteiger partial charge in [-0.05, 0) is 68.8 Å². The van der Waals surface area contributed by atoms with Gasteiger partial charge in [0.1, 0.15) is 7.05 Å². The van der Waals surface area contributed by atoms with Crippen LogP contribution in [0.4, 0.5) is 5.69 Å². The molecule has 0 amide bonds. The van der Waals surface area contributed by atoms with Crippen molar-refractivity contribution in [3.63, 3.8) is 0 Å². The fourth-order valence-corrected chi connectivity index (χ4v) is 3.96. The third-order valence-electron chi connectivity index (χ3n) is 5.63. The molecule has 0 aliphatic rings. The van der Waals surface area contributed by atoms with Gasteiger partial charge in [0.25, 0.3) is 0 Å². The fraction of sp³-hybridized carbons (Fsp3) is 0.214. The summed E-state index contributed by atoms with van der Waals surface area (Å²) >= 11 is 0. The zero-order valence-electron chi connectivity index (χ0n) is 20.2. The molecule has 0 bridgehead atoms. The van der Waals surface area contributed by atoms with Gasteiger partial charge in [-0.15, -0.1) is 0 Å². The number of carboxylic acid groups (broad SMARTS) is 1. The predicted octanol–water partition coefficient (Wildman–Crippen LogP) is 4.06. The number of aromatic nitrogens is 2. The van der Waals surface area contributed by atoms with Crippen LogP contribution < -0.4 is 14.6 Å². The second kappa shape index (κ2) is 10.2. The third-order valence-corrected chi connectivity index (χ3v) is 5.63. The van der Waals surface area contributed by atoms with E-state index in [1.54, 1.807) is 0 Å². The highest BCUT2D eigenvalue weighted by Crippen LogP contribution is 2.23. The van der Waals surface area contributed by atoms with E-state index in [4.69, 9.17) is 9.90 Å². The lowest BCUT2D eigenvalue weighted by molar-refractivity contribution is -0.646. The molecule has 0 aliphatic heterocycles. The minimum Gasteiger partial charge on any atom is -0.550 e. The molecule has 0 unspecified atom stereocenters. The van der Waals surface area contributed by atoms with E-state index >= 15 is 0 Å². The molecule has 2 aromatic heterocycles. The monoisotopic (exact) mass is 441 g/mol. The summed E-state index contributed by atoms with van der Waals surface area (Å²) in [6.07, 6.45) is 4.42. The molecule has 33 heavy (non-hydrogen) atoms. The van der Waals surface area contributed by atoms with Crippen molar-refractivity contribution in [3.05, 3.63) is 89.4 Å². The average molecular weight is 442 g/mol. The SMILES string of the molecule is CC(=O)[O-].Cc1cc(/C=C/c2ccc3cc(N(C)C)ccc3[n+]2C)c(C)n1-c1ccccc1. The van der Waals surface area contributed by atoms with Crippen molar-refractivity contribution in [3.8, 4) is 5.69 Å². The number of para-hydroxylation sites is 1. The molecule has 0 fully saturated rings. The summed E-state index contributed by atoms with van der Waals surface area (Å²) in [6, 6.07) is 23.8. The Morgan fingerprint density at radius 1 is 0.970 bits per heavy atom. The summed E-state index contributed by atoms with van der Waals surface area (Å²) < 4.78 is 4.56. The zero-order valence-corrected chi connectivity index (χ0v) is 20.2. The van der Waals surface area contributed by atoms with Gasteiger partial charge in [0, 0.05) is 66.4 Å².